The zero-order valence-corrected chi connectivity index (χ0v) is 11.7. The Hall–Kier alpha value is -1.45. The van der Waals surface area contributed by atoms with Gasteiger partial charge in [-0.3, -0.25) is 4.98 Å². The summed E-state index contributed by atoms with van der Waals surface area (Å²) < 4.78 is 0. The van der Waals surface area contributed by atoms with E-state index in [1.165, 1.54) is 10.9 Å². The Kier molecular flexibility index (Phi) is 4.88. The van der Waals surface area contributed by atoms with Gasteiger partial charge in [0.1, 0.15) is 0 Å². The number of nitrogens with one attached hydrogen (secondary N) is 1. The van der Waals surface area contributed by atoms with Crippen LogP contribution >= 0.6 is 0 Å². The van der Waals surface area contributed by atoms with Crippen molar-refractivity contribution < 1.29 is 5.11 Å². The van der Waals surface area contributed by atoms with Gasteiger partial charge in [-0.15, -0.1) is 0 Å². The number of nitrogens with zero attached hydrogens (tertiary/aromatic N) is 1. The average Bonchev–Trinajstić information content (AvgIpc) is 2.43. The standard InChI is InChI=1S/C16H22N2O/c1-3-15(19)8-9-17-11-13-5-7-16-14(10-13)6-4-12(2)18-16/h4-7,10,15,17,19H,3,8-9,11H2,1-2H3. The fraction of sp³-hybridized carbons (Fsp3) is 0.438. The van der Waals surface area contributed by atoms with Crippen molar-refractivity contribution in [2.24, 2.45) is 0 Å². The minimum absolute atomic E-state index is 0.184. The number of aryl methyl sites for hydroxylation is 1. The molecule has 19 heavy (non-hydrogen) atoms. The second-order valence-corrected chi connectivity index (χ2v) is 5.01. The van der Waals surface area contributed by atoms with Crippen molar-refractivity contribution in [1.82, 2.24) is 10.3 Å². The molecule has 1 unspecified atom stereocenters. The van der Waals surface area contributed by atoms with E-state index >= 15 is 0 Å². The summed E-state index contributed by atoms with van der Waals surface area (Å²) in [7, 11) is 0. The minimum Gasteiger partial charge on any atom is -0.393 e. The molecule has 1 aromatic carbocycles. The number of fused-ring (bicyclic) bond motifs is 1. The molecule has 0 aliphatic carbocycles. The number of hydrogen-bond donors (Lipinski definition) is 2. The highest BCUT2D eigenvalue weighted by atomic mass is 16.3. The van der Waals surface area contributed by atoms with E-state index in [0.29, 0.717) is 0 Å². The Morgan fingerprint density at radius 2 is 2.11 bits per heavy atom. The van der Waals surface area contributed by atoms with E-state index in [9.17, 15) is 5.11 Å². The average molecular weight is 258 g/mol. The summed E-state index contributed by atoms with van der Waals surface area (Å²) >= 11 is 0. The molecule has 0 spiro atoms. The van der Waals surface area contributed by atoms with Crippen molar-refractivity contribution in [3.63, 3.8) is 0 Å². The maximum absolute atomic E-state index is 9.47. The van der Waals surface area contributed by atoms with E-state index in [0.717, 1.165) is 37.1 Å². The third-order valence-electron chi connectivity index (χ3n) is 3.35. The van der Waals surface area contributed by atoms with Crippen LogP contribution in [0.3, 0.4) is 0 Å². The third kappa shape index (κ3) is 4.01. The fourth-order valence-corrected chi connectivity index (χ4v) is 2.09. The summed E-state index contributed by atoms with van der Waals surface area (Å²) in [5.74, 6) is 0. The summed E-state index contributed by atoms with van der Waals surface area (Å²) in [6.45, 7) is 5.69. The molecule has 0 saturated carbocycles. The molecule has 3 heteroatoms. The smallest absolute Gasteiger partial charge is 0.0705 e. The van der Waals surface area contributed by atoms with Gasteiger partial charge in [0.15, 0.2) is 0 Å². The van der Waals surface area contributed by atoms with E-state index in [1.807, 2.05) is 19.9 Å². The fourth-order valence-electron chi connectivity index (χ4n) is 2.09. The van der Waals surface area contributed by atoms with E-state index in [1.54, 1.807) is 0 Å². The van der Waals surface area contributed by atoms with Crippen LogP contribution in [-0.4, -0.2) is 22.7 Å². The maximum Gasteiger partial charge on any atom is 0.0705 e. The quantitative estimate of drug-likeness (QED) is 0.783. The molecule has 0 radical (unpaired) electrons. The topological polar surface area (TPSA) is 45.1 Å². The third-order valence-corrected chi connectivity index (χ3v) is 3.35. The van der Waals surface area contributed by atoms with E-state index < -0.39 is 0 Å². The van der Waals surface area contributed by atoms with Crippen LogP contribution in [-0.2, 0) is 6.54 Å². The summed E-state index contributed by atoms with van der Waals surface area (Å²) in [6, 6.07) is 10.5. The monoisotopic (exact) mass is 258 g/mol. The summed E-state index contributed by atoms with van der Waals surface area (Å²) in [5.41, 5.74) is 3.35. The molecule has 0 saturated heterocycles. The molecule has 1 heterocycles. The van der Waals surface area contributed by atoms with Crippen LogP contribution in [0.2, 0.25) is 0 Å². The largest absolute Gasteiger partial charge is 0.393 e. The van der Waals surface area contributed by atoms with E-state index in [4.69, 9.17) is 0 Å². The van der Waals surface area contributed by atoms with Gasteiger partial charge in [-0.05, 0) is 50.1 Å². The lowest BCUT2D eigenvalue weighted by atomic mass is 10.1. The molecular formula is C16H22N2O. The molecule has 0 fully saturated rings. The second kappa shape index (κ2) is 6.64. The first kappa shape index (κ1) is 14.0. The Morgan fingerprint density at radius 1 is 1.26 bits per heavy atom. The van der Waals surface area contributed by atoms with Crippen molar-refractivity contribution in [2.45, 2.75) is 39.3 Å². The Balaban J connectivity index is 1.92. The first-order valence-electron chi connectivity index (χ1n) is 6.94. The van der Waals surface area contributed by atoms with Gasteiger partial charge in [0.2, 0.25) is 0 Å². The maximum atomic E-state index is 9.47. The lowest BCUT2D eigenvalue weighted by molar-refractivity contribution is 0.159. The molecule has 2 aromatic rings. The summed E-state index contributed by atoms with van der Waals surface area (Å²) in [4.78, 5) is 4.49. The van der Waals surface area contributed by atoms with Crippen LogP contribution in [0.5, 0.6) is 0 Å². The molecular weight excluding hydrogens is 236 g/mol. The molecule has 1 aromatic heterocycles. The van der Waals surface area contributed by atoms with Crippen molar-refractivity contribution in [3.05, 3.63) is 41.6 Å². The second-order valence-electron chi connectivity index (χ2n) is 5.01. The predicted molar refractivity (Wildman–Crippen MR) is 79.1 cm³/mol. The van der Waals surface area contributed by atoms with Crippen molar-refractivity contribution in [1.29, 1.82) is 0 Å². The minimum atomic E-state index is -0.184. The van der Waals surface area contributed by atoms with Gasteiger partial charge in [0, 0.05) is 17.6 Å². The van der Waals surface area contributed by atoms with Gasteiger partial charge in [0.25, 0.3) is 0 Å². The molecule has 2 rings (SSSR count). The number of benzene rings is 1. The number of hydrogen-bond acceptors (Lipinski definition) is 3. The highest BCUT2D eigenvalue weighted by molar-refractivity contribution is 5.79. The zero-order valence-electron chi connectivity index (χ0n) is 11.7. The van der Waals surface area contributed by atoms with Crippen LogP contribution < -0.4 is 5.32 Å². The number of aliphatic hydroxyl groups excluding tert-OH is 1. The van der Waals surface area contributed by atoms with Crippen LogP contribution in [0.25, 0.3) is 10.9 Å². The number of rotatable bonds is 6. The lowest BCUT2D eigenvalue weighted by Gasteiger charge is -2.09. The molecule has 0 aliphatic heterocycles. The lowest BCUT2D eigenvalue weighted by Crippen LogP contribution is -2.19. The van der Waals surface area contributed by atoms with Crippen molar-refractivity contribution >= 4 is 10.9 Å². The molecule has 0 bridgehead atoms. The van der Waals surface area contributed by atoms with Gasteiger partial charge in [0.05, 0.1) is 11.6 Å². The van der Waals surface area contributed by atoms with E-state index in [-0.39, 0.29) is 6.10 Å². The Morgan fingerprint density at radius 3 is 2.89 bits per heavy atom. The van der Waals surface area contributed by atoms with Crippen LogP contribution in [0, 0.1) is 6.92 Å². The van der Waals surface area contributed by atoms with Gasteiger partial charge in [-0.25, -0.2) is 0 Å². The number of aliphatic hydroxyl groups is 1. The van der Waals surface area contributed by atoms with Gasteiger partial charge >= 0.3 is 0 Å². The Bertz CT molecular complexity index is 539. The van der Waals surface area contributed by atoms with Gasteiger partial charge in [-0.2, -0.15) is 0 Å². The summed E-state index contributed by atoms with van der Waals surface area (Å²) in [5, 5.41) is 14.0. The summed E-state index contributed by atoms with van der Waals surface area (Å²) in [6.07, 6.45) is 1.45. The molecule has 2 N–H and O–H groups in total. The Labute approximate surface area is 114 Å². The van der Waals surface area contributed by atoms with Crippen molar-refractivity contribution in [2.75, 3.05) is 6.54 Å². The molecule has 102 valence electrons. The van der Waals surface area contributed by atoms with E-state index in [2.05, 4.69) is 34.6 Å². The molecule has 0 aliphatic rings. The van der Waals surface area contributed by atoms with Crippen LogP contribution in [0.15, 0.2) is 30.3 Å². The first-order chi connectivity index (χ1) is 9.19. The number of aromatic nitrogens is 1. The number of pyridine rings is 1. The van der Waals surface area contributed by atoms with Crippen LogP contribution in [0.4, 0.5) is 0 Å². The van der Waals surface area contributed by atoms with Gasteiger partial charge in [-0.1, -0.05) is 19.1 Å². The molecule has 1 atom stereocenters. The SMILES string of the molecule is CCC(O)CCNCc1ccc2nc(C)ccc2c1. The molecule has 0 amide bonds. The van der Waals surface area contributed by atoms with Gasteiger partial charge < -0.3 is 10.4 Å². The normalized spacial score (nSPS) is 12.8. The highest BCUT2D eigenvalue weighted by Crippen LogP contribution is 2.14. The molecule has 3 nitrogen and oxygen atoms in total. The highest BCUT2D eigenvalue weighted by Gasteiger charge is 2.01. The predicted octanol–water partition coefficient (Wildman–Crippen LogP) is 2.79. The zero-order chi connectivity index (χ0) is 13.7. The van der Waals surface area contributed by atoms with Crippen LogP contribution in [0.1, 0.15) is 31.0 Å². The van der Waals surface area contributed by atoms with Crippen molar-refractivity contribution in [3.8, 4) is 0 Å². The first-order valence-corrected chi connectivity index (χ1v) is 6.94.